The molecule has 0 aliphatic heterocycles. The number of Topliss-reactive ketones (excluding diaryl/α,β-unsaturated/α-hetero) is 1. The fourth-order valence-electron chi connectivity index (χ4n) is 2.08. The van der Waals surface area contributed by atoms with E-state index in [2.05, 4.69) is 0 Å². The first kappa shape index (κ1) is 16.7. The van der Waals surface area contributed by atoms with Gasteiger partial charge in [0.25, 0.3) is 0 Å². The Morgan fingerprint density at radius 3 is 2.17 bits per heavy atom. The van der Waals surface area contributed by atoms with Crippen LogP contribution in [0.1, 0.15) is 41.8 Å². The number of ether oxygens (including phenoxy) is 2. The van der Waals surface area contributed by atoms with Crippen LogP contribution in [0.3, 0.4) is 0 Å². The molecule has 0 amide bonds. The molecule has 0 aromatic heterocycles. The number of rotatable bonds is 7. The summed E-state index contributed by atoms with van der Waals surface area (Å²) >= 11 is 0. The topological polar surface area (TPSA) is 52.6 Å². The van der Waals surface area contributed by atoms with Gasteiger partial charge in [0.15, 0.2) is 6.10 Å². The summed E-state index contributed by atoms with van der Waals surface area (Å²) in [5.41, 5.74) is 1.11. The van der Waals surface area contributed by atoms with Gasteiger partial charge in [0.1, 0.15) is 0 Å². The minimum Gasteiger partial charge on any atom is -0.434 e. The number of ketones is 1. The molecule has 0 bridgehead atoms. The molecule has 1 atom stereocenters. The van der Waals surface area contributed by atoms with Crippen molar-refractivity contribution in [2.24, 2.45) is 0 Å². The van der Waals surface area contributed by atoms with Gasteiger partial charge in [-0.15, -0.1) is 0 Å². The lowest BCUT2D eigenvalue weighted by molar-refractivity contribution is 0.0217. The lowest BCUT2D eigenvalue weighted by Gasteiger charge is -2.17. The smallest absolute Gasteiger partial charge is 0.434 e. The molecular weight excluding hydrogens is 292 g/mol. The van der Waals surface area contributed by atoms with Crippen LogP contribution in [0.15, 0.2) is 60.7 Å². The number of benzene rings is 2. The zero-order chi connectivity index (χ0) is 16.5. The Kier molecular flexibility index (Phi) is 6.36. The van der Waals surface area contributed by atoms with E-state index in [0.29, 0.717) is 11.1 Å². The van der Waals surface area contributed by atoms with Crippen LogP contribution < -0.4 is 0 Å². The SMILES string of the molecule is CCCCOC(=O)OC(C(=O)c1ccccc1)c1ccccc1. The van der Waals surface area contributed by atoms with E-state index in [9.17, 15) is 9.59 Å². The average Bonchev–Trinajstić information content (AvgIpc) is 2.61. The summed E-state index contributed by atoms with van der Waals surface area (Å²) in [6.45, 7) is 2.29. The van der Waals surface area contributed by atoms with Crippen molar-refractivity contribution < 1.29 is 19.1 Å². The minimum atomic E-state index is -1.01. The van der Waals surface area contributed by atoms with Crippen molar-refractivity contribution in [3.63, 3.8) is 0 Å². The first-order valence-corrected chi connectivity index (χ1v) is 7.70. The van der Waals surface area contributed by atoms with Crippen LogP contribution >= 0.6 is 0 Å². The second-order valence-electron chi connectivity index (χ2n) is 5.09. The Morgan fingerprint density at radius 2 is 1.57 bits per heavy atom. The van der Waals surface area contributed by atoms with E-state index in [0.717, 1.165) is 12.8 Å². The van der Waals surface area contributed by atoms with Gasteiger partial charge in [0.05, 0.1) is 6.61 Å². The van der Waals surface area contributed by atoms with Gasteiger partial charge in [0.2, 0.25) is 5.78 Å². The number of hydrogen-bond acceptors (Lipinski definition) is 4. The lowest BCUT2D eigenvalue weighted by Crippen LogP contribution is -2.21. The minimum absolute atomic E-state index is 0.274. The molecule has 0 saturated carbocycles. The second kappa shape index (κ2) is 8.73. The van der Waals surface area contributed by atoms with Gasteiger partial charge in [-0.2, -0.15) is 0 Å². The van der Waals surface area contributed by atoms with Crippen LogP contribution in [0.4, 0.5) is 4.79 Å². The van der Waals surface area contributed by atoms with E-state index in [1.165, 1.54) is 0 Å². The summed E-state index contributed by atoms with van der Waals surface area (Å²) in [4.78, 5) is 24.5. The Balaban J connectivity index is 2.16. The van der Waals surface area contributed by atoms with Gasteiger partial charge in [-0.05, 0) is 6.42 Å². The summed E-state index contributed by atoms with van der Waals surface area (Å²) in [6, 6.07) is 17.7. The largest absolute Gasteiger partial charge is 0.509 e. The maximum Gasteiger partial charge on any atom is 0.509 e. The van der Waals surface area contributed by atoms with Gasteiger partial charge in [-0.3, -0.25) is 4.79 Å². The van der Waals surface area contributed by atoms with E-state index in [1.54, 1.807) is 48.5 Å². The quantitative estimate of drug-likeness (QED) is 0.427. The van der Waals surface area contributed by atoms with E-state index >= 15 is 0 Å². The zero-order valence-electron chi connectivity index (χ0n) is 13.1. The summed E-state index contributed by atoms with van der Waals surface area (Å²) in [7, 11) is 0. The lowest BCUT2D eigenvalue weighted by atomic mass is 10.00. The maximum atomic E-state index is 12.7. The normalized spacial score (nSPS) is 11.5. The molecule has 2 rings (SSSR count). The summed E-state index contributed by atoms with van der Waals surface area (Å²) in [5.74, 6) is -0.274. The number of hydrogen-bond donors (Lipinski definition) is 0. The van der Waals surface area contributed by atoms with Crippen molar-refractivity contribution in [3.05, 3.63) is 71.8 Å². The van der Waals surface area contributed by atoms with Crippen LogP contribution in [0, 0.1) is 0 Å². The van der Waals surface area contributed by atoms with Crippen LogP contribution in [0.5, 0.6) is 0 Å². The Bertz CT molecular complexity index is 622. The molecular formula is C19H20O4. The van der Waals surface area contributed by atoms with Crippen LogP contribution in [0.25, 0.3) is 0 Å². The van der Waals surface area contributed by atoms with E-state index < -0.39 is 12.3 Å². The maximum absolute atomic E-state index is 12.7. The number of carbonyl (C=O) groups excluding carboxylic acids is 2. The van der Waals surface area contributed by atoms with E-state index in [1.807, 2.05) is 19.1 Å². The van der Waals surface area contributed by atoms with E-state index in [4.69, 9.17) is 9.47 Å². The molecule has 0 heterocycles. The fourth-order valence-corrected chi connectivity index (χ4v) is 2.08. The highest BCUT2D eigenvalue weighted by atomic mass is 16.7. The van der Waals surface area contributed by atoms with Crippen molar-refractivity contribution in [1.82, 2.24) is 0 Å². The number of carbonyl (C=O) groups is 2. The van der Waals surface area contributed by atoms with Crippen LogP contribution in [-0.2, 0) is 9.47 Å². The van der Waals surface area contributed by atoms with Crippen LogP contribution in [-0.4, -0.2) is 18.5 Å². The molecule has 0 aliphatic carbocycles. The molecule has 2 aromatic rings. The van der Waals surface area contributed by atoms with Gasteiger partial charge >= 0.3 is 6.16 Å². The molecule has 0 spiro atoms. The molecule has 4 heteroatoms. The molecule has 1 unspecified atom stereocenters. The van der Waals surface area contributed by atoms with Crippen molar-refractivity contribution in [2.45, 2.75) is 25.9 Å². The molecule has 0 aliphatic rings. The van der Waals surface area contributed by atoms with Crippen LogP contribution in [0.2, 0.25) is 0 Å². The molecule has 120 valence electrons. The average molecular weight is 312 g/mol. The van der Waals surface area contributed by atoms with Crippen molar-refractivity contribution in [1.29, 1.82) is 0 Å². The van der Waals surface area contributed by atoms with Gasteiger partial charge in [-0.1, -0.05) is 74.0 Å². The Hall–Kier alpha value is -2.62. The first-order valence-electron chi connectivity index (χ1n) is 7.70. The highest BCUT2D eigenvalue weighted by Gasteiger charge is 2.26. The summed E-state index contributed by atoms with van der Waals surface area (Å²) in [6.07, 6.45) is -0.153. The van der Waals surface area contributed by atoms with E-state index in [-0.39, 0.29) is 12.4 Å². The third-order valence-electron chi connectivity index (χ3n) is 3.33. The Labute approximate surface area is 136 Å². The summed E-state index contributed by atoms with van der Waals surface area (Å²) < 4.78 is 10.3. The predicted octanol–water partition coefficient (Wildman–Crippen LogP) is 4.56. The highest BCUT2D eigenvalue weighted by molar-refractivity contribution is 6.00. The molecule has 2 aromatic carbocycles. The monoisotopic (exact) mass is 312 g/mol. The third-order valence-corrected chi connectivity index (χ3v) is 3.33. The molecule has 0 N–H and O–H groups in total. The van der Waals surface area contributed by atoms with Crippen molar-refractivity contribution in [2.75, 3.05) is 6.61 Å². The molecule has 0 fully saturated rings. The molecule has 0 saturated heterocycles. The summed E-state index contributed by atoms with van der Waals surface area (Å²) in [5, 5.41) is 0. The first-order chi connectivity index (χ1) is 11.2. The third kappa shape index (κ3) is 4.95. The standard InChI is InChI=1S/C19H20O4/c1-2-3-14-22-19(21)23-18(16-12-8-5-9-13-16)17(20)15-10-6-4-7-11-15/h4-13,18H,2-3,14H2,1H3. The predicted molar refractivity (Wildman–Crippen MR) is 87.3 cm³/mol. The van der Waals surface area contributed by atoms with Crippen molar-refractivity contribution in [3.8, 4) is 0 Å². The second-order valence-corrected chi connectivity index (χ2v) is 5.09. The number of unbranched alkanes of at least 4 members (excludes halogenated alkanes) is 1. The zero-order valence-corrected chi connectivity index (χ0v) is 13.1. The Morgan fingerprint density at radius 1 is 0.957 bits per heavy atom. The fraction of sp³-hybridized carbons (Fsp3) is 0.263. The van der Waals surface area contributed by atoms with Gasteiger partial charge in [0, 0.05) is 11.1 Å². The highest BCUT2D eigenvalue weighted by Crippen LogP contribution is 2.23. The van der Waals surface area contributed by atoms with Gasteiger partial charge in [-0.25, -0.2) is 4.79 Å². The van der Waals surface area contributed by atoms with Gasteiger partial charge < -0.3 is 9.47 Å². The van der Waals surface area contributed by atoms with Crippen molar-refractivity contribution >= 4 is 11.9 Å². The molecule has 23 heavy (non-hydrogen) atoms. The molecule has 4 nitrogen and oxygen atoms in total. The molecule has 0 radical (unpaired) electrons.